The summed E-state index contributed by atoms with van der Waals surface area (Å²) in [5.74, 6) is 1.15. The lowest BCUT2D eigenvalue weighted by Crippen LogP contribution is -2.26. The van der Waals surface area contributed by atoms with Crippen molar-refractivity contribution >= 4 is 30.1 Å². The fourth-order valence-corrected chi connectivity index (χ4v) is 1.94. The normalized spacial score (nSPS) is 13.2. The van der Waals surface area contributed by atoms with Crippen LogP contribution in [0, 0.1) is 0 Å². The Bertz CT molecular complexity index is 491. The van der Waals surface area contributed by atoms with Crippen molar-refractivity contribution in [3.8, 4) is 5.75 Å². The summed E-state index contributed by atoms with van der Waals surface area (Å²) in [4.78, 5) is 22.7. The number of aryl methyl sites for hydroxylation is 1. The molecule has 6 heteroatoms. The molecule has 0 saturated carbocycles. The van der Waals surface area contributed by atoms with Crippen LogP contribution in [0.3, 0.4) is 0 Å². The molecule has 0 bridgehead atoms. The molecule has 0 spiro atoms. The molecule has 0 unspecified atom stereocenters. The number of benzene rings is 1. The van der Waals surface area contributed by atoms with E-state index in [2.05, 4.69) is 23.3 Å². The lowest BCUT2D eigenvalue weighted by Gasteiger charge is -2.18. The van der Waals surface area contributed by atoms with Crippen LogP contribution >= 0.6 is 12.6 Å². The van der Waals surface area contributed by atoms with Gasteiger partial charge in [-0.2, -0.15) is 12.6 Å². The number of carbonyl (C=O) groups is 2. The second kappa shape index (κ2) is 6.47. The van der Waals surface area contributed by atoms with E-state index in [1.165, 1.54) is 0 Å². The Morgan fingerprint density at radius 1 is 1.47 bits per heavy atom. The van der Waals surface area contributed by atoms with E-state index in [1.54, 1.807) is 0 Å². The van der Waals surface area contributed by atoms with Gasteiger partial charge in [0.25, 0.3) is 5.91 Å². The summed E-state index contributed by atoms with van der Waals surface area (Å²) in [6.45, 7) is 0.633. The van der Waals surface area contributed by atoms with E-state index in [1.807, 2.05) is 18.2 Å². The van der Waals surface area contributed by atoms with Gasteiger partial charge in [0.05, 0.1) is 5.69 Å². The maximum Gasteiger partial charge on any atom is 0.262 e. The van der Waals surface area contributed by atoms with E-state index >= 15 is 0 Å². The van der Waals surface area contributed by atoms with E-state index in [0.717, 1.165) is 5.56 Å². The minimum atomic E-state index is -0.156. The van der Waals surface area contributed by atoms with Crippen LogP contribution in [0.25, 0.3) is 0 Å². The van der Waals surface area contributed by atoms with Crippen LogP contribution in [0.15, 0.2) is 18.2 Å². The molecule has 0 radical (unpaired) electrons. The number of rotatable bonds is 5. The van der Waals surface area contributed by atoms with Gasteiger partial charge in [0.15, 0.2) is 6.61 Å². The third-order valence-corrected chi connectivity index (χ3v) is 2.98. The topological polar surface area (TPSA) is 67.4 Å². The monoisotopic (exact) mass is 280 g/mol. The molecule has 1 aromatic carbocycles. The Balaban J connectivity index is 1.93. The average molecular weight is 280 g/mol. The number of ether oxygens (including phenoxy) is 1. The van der Waals surface area contributed by atoms with Gasteiger partial charge in [0.2, 0.25) is 5.91 Å². The lowest BCUT2D eigenvalue weighted by molar-refractivity contribution is -0.121. The van der Waals surface area contributed by atoms with Gasteiger partial charge in [-0.3, -0.25) is 9.59 Å². The second-order valence-corrected chi connectivity index (χ2v) is 4.69. The first-order valence-corrected chi connectivity index (χ1v) is 6.75. The van der Waals surface area contributed by atoms with Gasteiger partial charge in [-0.15, -0.1) is 0 Å². The molecule has 0 aromatic heterocycles. The van der Waals surface area contributed by atoms with E-state index in [-0.39, 0.29) is 18.4 Å². The number of amides is 2. The highest BCUT2D eigenvalue weighted by atomic mass is 32.1. The maximum atomic E-state index is 11.5. The fourth-order valence-electron chi connectivity index (χ4n) is 1.83. The Morgan fingerprint density at radius 2 is 2.32 bits per heavy atom. The molecule has 102 valence electrons. The molecule has 1 aromatic rings. The van der Waals surface area contributed by atoms with Crippen molar-refractivity contribution in [3.05, 3.63) is 23.8 Å². The van der Waals surface area contributed by atoms with Gasteiger partial charge < -0.3 is 15.4 Å². The minimum absolute atomic E-state index is 0.00653. The van der Waals surface area contributed by atoms with Gasteiger partial charge in [0, 0.05) is 18.7 Å². The number of hydrogen-bond donors (Lipinski definition) is 3. The standard InChI is InChI=1S/C13H16N2O3S/c16-12(14-5-6-19)4-2-9-1-3-11-10(7-9)15-13(17)8-18-11/h1,3,7,19H,2,4-6,8H2,(H,14,16)(H,15,17). The number of fused-ring (bicyclic) bond motifs is 1. The summed E-state index contributed by atoms with van der Waals surface area (Å²) in [6.07, 6.45) is 1.04. The predicted molar refractivity (Wildman–Crippen MR) is 75.8 cm³/mol. The quantitative estimate of drug-likeness (QED) is 0.705. The molecule has 2 rings (SSSR count). The predicted octanol–water partition coefficient (Wildman–Crippen LogP) is 0.996. The van der Waals surface area contributed by atoms with Gasteiger partial charge in [-0.05, 0) is 24.1 Å². The van der Waals surface area contributed by atoms with E-state index in [4.69, 9.17) is 4.74 Å². The molecule has 5 nitrogen and oxygen atoms in total. The highest BCUT2D eigenvalue weighted by Gasteiger charge is 2.15. The van der Waals surface area contributed by atoms with Crippen LogP contribution in [0.4, 0.5) is 5.69 Å². The van der Waals surface area contributed by atoms with Crippen molar-refractivity contribution in [1.82, 2.24) is 5.32 Å². The molecule has 0 saturated heterocycles. The first kappa shape index (κ1) is 13.7. The van der Waals surface area contributed by atoms with Crippen LogP contribution < -0.4 is 15.4 Å². The molecule has 1 aliphatic rings. The maximum absolute atomic E-state index is 11.5. The smallest absolute Gasteiger partial charge is 0.262 e. The molecule has 19 heavy (non-hydrogen) atoms. The van der Waals surface area contributed by atoms with Gasteiger partial charge in [-0.1, -0.05) is 6.07 Å². The summed E-state index contributed by atoms with van der Waals surface area (Å²) in [7, 11) is 0. The van der Waals surface area contributed by atoms with Crippen molar-refractivity contribution in [1.29, 1.82) is 0 Å². The van der Waals surface area contributed by atoms with Crippen molar-refractivity contribution in [2.75, 3.05) is 24.2 Å². The Labute approximate surface area is 117 Å². The zero-order valence-electron chi connectivity index (χ0n) is 10.4. The second-order valence-electron chi connectivity index (χ2n) is 4.24. The first-order chi connectivity index (χ1) is 9.19. The number of nitrogens with one attached hydrogen (secondary N) is 2. The molecule has 1 heterocycles. The minimum Gasteiger partial charge on any atom is -0.482 e. The zero-order chi connectivity index (χ0) is 13.7. The van der Waals surface area contributed by atoms with Crippen LogP contribution in [0.2, 0.25) is 0 Å². The van der Waals surface area contributed by atoms with Crippen LogP contribution in [0.1, 0.15) is 12.0 Å². The third kappa shape index (κ3) is 3.89. The summed E-state index contributed by atoms with van der Waals surface area (Å²) in [5.41, 5.74) is 1.66. The molecule has 1 aliphatic heterocycles. The van der Waals surface area contributed by atoms with Gasteiger partial charge in [-0.25, -0.2) is 0 Å². The van der Waals surface area contributed by atoms with E-state index in [0.29, 0.717) is 36.6 Å². The molecular weight excluding hydrogens is 264 g/mol. The Morgan fingerprint density at radius 3 is 3.11 bits per heavy atom. The van der Waals surface area contributed by atoms with Crippen molar-refractivity contribution < 1.29 is 14.3 Å². The van der Waals surface area contributed by atoms with Crippen molar-refractivity contribution in [2.24, 2.45) is 0 Å². The number of anilines is 1. The van der Waals surface area contributed by atoms with E-state index in [9.17, 15) is 9.59 Å². The molecular formula is C13H16N2O3S. The van der Waals surface area contributed by atoms with E-state index < -0.39 is 0 Å². The Hall–Kier alpha value is -1.69. The zero-order valence-corrected chi connectivity index (χ0v) is 11.3. The largest absolute Gasteiger partial charge is 0.482 e. The van der Waals surface area contributed by atoms with Crippen LogP contribution in [-0.4, -0.2) is 30.7 Å². The first-order valence-electron chi connectivity index (χ1n) is 6.12. The molecule has 0 fully saturated rings. The molecule has 0 atom stereocenters. The number of hydrogen-bond acceptors (Lipinski definition) is 4. The average Bonchev–Trinajstić information content (AvgIpc) is 2.42. The third-order valence-electron chi connectivity index (χ3n) is 2.75. The van der Waals surface area contributed by atoms with Gasteiger partial charge in [0.1, 0.15) is 5.75 Å². The van der Waals surface area contributed by atoms with Gasteiger partial charge >= 0.3 is 0 Å². The SMILES string of the molecule is O=C(CCc1ccc2c(c1)NC(=O)CO2)NCCS. The lowest BCUT2D eigenvalue weighted by atomic mass is 10.1. The Kier molecular flexibility index (Phi) is 4.68. The summed E-state index contributed by atoms with van der Waals surface area (Å²) in [6, 6.07) is 5.57. The van der Waals surface area contributed by atoms with Crippen molar-refractivity contribution in [3.63, 3.8) is 0 Å². The summed E-state index contributed by atoms with van der Waals surface area (Å²) < 4.78 is 5.27. The van der Waals surface area contributed by atoms with Crippen molar-refractivity contribution in [2.45, 2.75) is 12.8 Å². The fraction of sp³-hybridized carbons (Fsp3) is 0.385. The number of thiol groups is 1. The molecule has 0 aliphatic carbocycles. The van der Waals surface area contributed by atoms with Crippen LogP contribution in [-0.2, 0) is 16.0 Å². The highest BCUT2D eigenvalue weighted by molar-refractivity contribution is 7.80. The summed E-state index contributed by atoms with van der Waals surface area (Å²) in [5, 5.41) is 5.51. The molecule has 2 N–H and O–H groups in total. The number of carbonyl (C=O) groups excluding carboxylic acids is 2. The highest BCUT2D eigenvalue weighted by Crippen LogP contribution is 2.28. The molecule has 2 amide bonds. The summed E-state index contributed by atoms with van der Waals surface area (Å²) >= 11 is 4.03. The van der Waals surface area contributed by atoms with Crippen LogP contribution in [0.5, 0.6) is 5.75 Å².